The fourth-order valence-corrected chi connectivity index (χ4v) is 5.09. The van der Waals surface area contributed by atoms with E-state index in [9.17, 15) is 4.79 Å². The lowest BCUT2D eigenvalue weighted by molar-refractivity contribution is -0.114. The Bertz CT molecular complexity index is 1070. The number of carbonyl (C=O) groups is 1. The molecule has 3 aromatic rings. The summed E-state index contributed by atoms with van der Waals surface area (Å²) in [7, 11) is 0. The highest BCUT2D eigenvalue weighted by Crippen LogP contribution is 2.43. The molecule has 0 aliphatic rings. The standard InChI is InChI=1S/C27H34ClNOS/c1-18(2)20-10-13-23-22(14-20)25(31-26(3,4)5)24(15-27(6,7)17-30)29(23)16-19-8-11-21(28)12-9-19/h8-14,17-18H,15-16H2,1-7H3. The number of hydrogen-bond donors (Lipinski definition) is 0. The molecule has 2 aromatic carbocycles. The van der Waals surface area contributed by atoms with E-state index in [0.717, 1.165) is 17.9 Å². The van der Waals surface area contributed by atoms with Gasteiger partial charge in [-0.3, -0.25) is 0 Å². The van der Waals surface area contributed by atoms with E-state index >= 15 is 0 Å². The van der Waals surface area contributed by atoms with Gasteiger partial charge in [-0.15, -0.1) is 11.8 Å². The molecule has 1 aromatic heterocycles. The molecule has 0 unspecified atom stereocenters. The summed E-state index contributed by atoms with van der Waals surface area (Å²) in [5.74, 6) is 0.464. The summed E-state index contributed by atoms with van der Waals surface area (Å²) in [6.07, 6.45) is 1.79. The molecule has 31 heavy (non-hydrogen) atoms. The first-order chi connectivity index (χ1) is 14.4. The number of hydrogen-bond acceptors (Lipinski definition) is 2. The zero-order valence-electron chi connectivity index (χ0n) is 19.8. The molecule has 0 atom stereocenters. The van der Waals surface area contributed by atoms with E-state index in [2.05, 4.69) is 69.5 Å². The van der Waals surface area contributed by atoms with Gasteiger partial charge in [0.25, 0.3) is 0 Å². The summed E-state index contributed by atoms with van der Waals surface area (Å²) in [6.45, 7) is 16.0. The van der Waals surface area contributed by atoms with Crippen molar-refractivity contribution in [2.75, 3.05) is 0 Å². The normalized spacial score (nSPS) is 12.7. The molecule has 0 amide bonds. The van der Waals surface area contributed by atoms with E-state index in [-0.39, 0.29) is 4.75 Å². The fraction of sp³-hybridized carbons (Fsp3) is 0.444. The molecule has 0 aliphatic carbocycles. The first-order valence-electron chi connectivity index (χ1n) is 10.9. The van der Waals surface area contributed by atoms with Crippen molar-refractivity contribution in [3.8, 4) is 0 Å². The maximum atomic E-state index is 11.9. The number of thioether (sulfide) groups is 1. The molecular formula is C27H34ClNOS. The molecular weight excluding hydrogens is 422 g/mol. The summed E-state index contributed by atoms with van der Waals surface area (Å²) < 4.78 is 2.47. The van der Waals surface area contributed by atoms with E-state index in [0.29, 0.717) is 12.3 Å². The van der Waals surface area contributed by atoms with Crippen LogP contribution in [0.4, 0.5) is 0 Å². The molecule has 0 N–H and O–H groups in total. The highest BCUT2D eigenvalue weighted by atomic mass is 35.5. The Balaban J connectivity index is 2.29. The van der Waals surface area contributed by atoms with Gasteiger partial charge in [-0.1, -0.05) is 78.3 Å². The molecule has 2 nitrogen and oxygen atoms in total. The first kappa shape index (κ1) is 23.9. The topological polar surface area (TPSA) is 22.0 Å². The molecule has 166 valence electrons. The molecule has 1 heterocycles. The summed E-state index contributed by atoms with van der Waals surface area (Å²) in [6, 6.07) is 14.9. The van der Waals surface area contributed by atoms with Gasteiger partial charge < -0.3 is 9.36 Å². The Labute approximate surface area is 196 Å². The van der Waals surface area contributed by atoms with Gasteiger partial charge in [0.2, 0.25) is 0 Å². The van der Waals surface area contributed by atoms with Crippen LogP contribution in [0.1, 0.15) is 71.2 Å². The molecule has 3 rings (SSSR count). The van der Waals surface area contributed by atoms with Gasteiger partial charge in [0.05, 0.1) is 0 Å². The van der Waals surface area contributed by atoms with Crippen LogP contribution >= 0.6 is 23.4 Å². The quantitative estimate of drug-likeness (QED) is 0.265. The van der Waals surface area contributed by atoms with Gasteiger partial charge in [0, 0.05) is 49.6 Å². The van der Waals surface area contributed by atoms with Gasteiger partial charge >= 0.3 is 0 Å². The van der Waals surface area contributed by atoms with Crippen molar-refractivity contribution in [2.45, 2.75) is 77.0 Å². The molecule has 0 saturated heterocycles. The van der Waals surface area contributed by atoms with Crippen molar-refractivity contribution in [3.05, 3.63) is 64.3 Å². The van der Waals surface area contributed by atoms with Gasteiger partial charge in [-0.05, 0) is 41.3 Å². The summed E-state index contributed by atoms with van der Waals surface area (Å²) in [5, 5.41) is 2.03. The second-order valence-corrected chi connectivity index (χ2v) is 12.7. The molecule has 0 spiro atoms. The Morgan fingerprint density at radius 1 is 1.03 bits per heavy atom. The first-order valence-corrected chi connectivity index (χ1v) is 12.1. The Kier molecular flexibility index (Phi) is 6.98. The lowest BCUT2D eigenvalue weighted by atomic mass is 9.89. The molecule has 0 fully saturated rings. The van der Waals surface area contributed by atoms with Crippen molar-refractivity contribution in [1.82, 2.24) is 4.57 Å². The Morgan fingerprint density at radius 2 is 1.68 bits per heavy atom. The number of aromatic nitrogens is 1. The highest BCUT2D eigenvalue weighted by molar-refractivity contribution is 8.00. The molecule has 0 aliphatic heterocycles. The van der Waals surface area contributed by atoms with Crippen molar-refractivity contribution in [3.63, 3.8) is 0 Å². The van der Waals surface area contributed by atoms with Gasteiger partial charge in [0.15, 0.2) is 0 Å². The van der Waals surface area contributed by atoms with Gasteiger partial charge in [-0.2, -0.15) is 0 Å². The molecule has 0 saturated carbocycles. The van der Waals surface area contributed by atoms with Crippen molar-refractivity contribution >= 4 is 40.6 Å². The van der Waals surface area contributed by atoms with Crippen LogP contribution in [-0.2, 0) is 17.8 Å². The van der Waals surface area contributed by atoms with Crippen LogP contribution in [0.2, 0.25) is 5.02 Å². The molecule has 4 heteroatoms. The molecule has 0 radical (unpaired) electrons. The van der Waals surface area contributed by atoms with Crippen LogP contribution in [0.5, 0.6) is 0 Å². The SMILES string of the molecule is CC(C)c1ccc2c(c1)c(SC(C)(C)C)c(CC(C)(C)C=O)n2Cc1ccc(Cl)cc1. The van der Waals surface area contributed by atoms with Crippen LogP contribution in [0.15, 0.2) is 47.4 Å². The monoisotopic (exact) mass is 455 g/mol. The van der Waals surface area contributed by atoms with Crippen LogP contribution in [0, 0.1) is 5.41 Å². The average molecular weight is 456 g/mol. The van der Waals surface area contributed by atoms with Gasteiger partial charge in [-0.25, -0.2) is 0 Å². The van der Waals surface area contributed by atoms with E-state index in [1.807, 2.05) is 37.7 Å². The van der Waals surface area contributed by atoms with Crippen molar-refractivity contribution < 1.29 is 4.79 Å². The number of rotatable bonds is 7. The number of carbonyl (C=O) groups excluding carboxylic acids is 1. The lowest BCUT2D eigenvalue weighted by Gasteiger charge is -2.23. The lowest BCUT2D eigenvalue weighted by Crippen LogP contribution is -2.20. The Morgan fingerprint density at radius 3 is 2.23 bits per heavy atom. The number of nitrogens with zero attached hydrogens (tertiary/aromatic N) is 1. The summed E-state index contributed by atoms with van der Waals surface area (Å²) in [5.41, 5.74) is 4.57. The summed E-state index contributed by atoms with van der Waals surface area (Å²) in [4.78, 5) is 13.2. The van der Waals surface area contributed by atoms with E-state index in [1.54, 1.807) is 0 Å². The third-order valence-electron chi connectivity index (χ3n) is 5.41. The van der Waals surface area contributed by atoms with Gasteiger partial charge in [0.1, 0.15) is 6.29 Å². The minimum absolute atomic E-state index is 0.0628. The van der Waals surface area contributed by atoms with Crippen LogP contribution in [-0.4, -0.2) is 15.6 Å². The highest BCUT2D eigenvalue weighted by Gasteiger charge is 2.28. The Hall–Kier alpha value is -1.71. The second kappa shape index (κ2) is 9.03. The third-order valence-corrected chi connectivity index (χ3v) is 6.94. The smallest absolute Gasteiger partial charge is 0.125 e. The van der Waals surface area contributed by atoms with Crippen LogP contribution in [0.25, 0.3) is 10.9 Å². The average Bonchev–Trinajstić information content (AvgIpc) is 2.94. The van der Waals surface area contributed by atoms with Crippen LogP contribution in [0.3, 0.4) is 0 Å². The van der Waals surface area contributed by atoms with Crippen molar-refractivity contribution in [1.29, 1.82) is 0 Å². The zero-order valence-corrected chi connectivity index (χ0v) is 21.3. The maximum Gasteiger partial charge on any atom is 0.125 e. The van der Waals surface area contributed by atoms with Crippen molar-refractivity contribution in [2.24, 2.45) is 5.41 Å². The zero-order chi connectivity index (χ0) is 23.0. The number of benzene rings is 2. The number of aldehydes is 1. The van der Waals surface area contributed by atoms with E-state index in [1.165, 1.54) is 32.6 Å². The largest absolute Gasteiger partial charge is 0.339 e. The number of fused-ring (bicyclic) bond motifs is 1. The minimum Gasteiger partial charge on any atom is -0.339 e. The van der Waals surface area contributed by atoms with E-state index < -0.39 is 5.41 Å². The second-order valence-electron chi connectivity index (χ2n) is 10.4. The predicted octanol–water partition coefficient (Wildman–Crippen LogP) is 8.12. The predicted molar refractivity (Wildman–Crippen MR) is 136 cm³/mol. The fourth-order valence-electron chi connectivity index (χ4n) is 3.78. The summed E-state index contributed by atoms with van der Waals surface area (Å²) >= 11 is 8.03. The van der Waals surface area contributed by atoms with E-state index in [4.69, 9.17) is 11.6 Å². The van der Waals surface area contributed by atoms with Crippen LogP contribution < -0.4 is 0 Å². The third kappa shape index (κ3) is 5.75. The molecule has 0 bridgehead atoms. The number of halogens is 1. The minimum atomic E-state index is -0.430. The maximum absolute atomic E-state index is 11.9.